The summed E-state index contributed by atoms with van der Waals surface area (Å²) in [6.45, 7) is 4.16. The Labute approximate surface area is 177 Å². The fourth-order valence-corrected chi connectivity index (χ4v) is 4.23. The van der Waals surface area contributed by atoms with Crippen LogP contribution in [-0.2, 0) is 6.54 Å². The first-order chi connectivity index (χ1) is 14.0. The van der Waals surface area contributed by atoms with Gasteiger partial charge in [0.2, 0.25) is 0 Å². The summed E-state index contributed by atoms with van der Waals surface area (Å²) in [4.78, 5) is 19.3. The van der Waals surface area contributed by atoms with Gasteiger partial charge in [-0.3, -0.25) is 4.90 Å². The predicted molar refractivity (Wildman–Crippen MR) is 118 cm³/mol. The summed E-state index contributed by atoms with van der Waals surface area (Å²) in [6, 6.07) is 13.3. The van der Waals surface area contributed by atoms with Crippen LogP contribution in [0.15, 0.2) is 46.9 Å². The number of carboxylic acids is 1. The molecular weight excluding hydrogens is 432 g/mol. The number of fused-ring (bicyclic) bond motifs is 2. The largest absolute Gasteiger partial charge is 0.496 e. The van der Waals surface area contributed by atoms with E-state index in [1.165, 1.54) is 0 Å². The smallest absolute Gasteiger partial charge is 0.336 e. The molecule has 0 radical (unpaired) electrons. The van der Waals surface area contributed by atoms with E-state index in [-0.39, 0.29) is 0 Å². The fraction of sp³-hybridized carbons (Fsp3) is 0.217. The molecule has 29 heavy (non-hydrogen) atoms. The molecular formula is C23H21BrN2O3. The third kappa shape index (κ3) is 3.66. The van der Waals surface area contributed by atoms with Crippen LogP contribution >= 0.6 is 15.9 Å². The number of rotatable bonds is 4. The number of halogens is 1. The van der Waals surface area contributed by atoms with Crippen LogP contribution in [0.4, 0.5) is 0 Å². The summed E-state index contributed by atoms with van der Waals surface area (Å²) in [7, 11) is 1.65. The zero-order valence-corrected chi connectivity index (χ0v) is 17.9. The summed E-state index contributed by atoms with van der Waals surface area (Å²) >= 11 is 3.52. The van der Waals surface area contributed by atoms with Gasteiger partial charge in [-0.25, -0.2) is 9.78 Å². The van der Waals surface area contributed by atoms with Crippen LogP contribution in [0.3, 0.4) is 0 Å². The van der Waals surface area contributed by atoms with Gasteiger partial charge in [-0.2, -0.15) is 0 Å². The number of carboxylic acid groups (broad SMARTS) is 1. The molecule has 2 heterocycles. The number of methoxy groups -OCH3 is 1. The molecule has 3 aromatic rings. The molecule has 5 nitrogen and oxygen atoms in total. The van der Waals surface area contributed by atoms with Crippen LogP contribution in [0, 0.1) is 0 Å². The maximum Gasteiger partial charge on any atom is 0.336 e. The Morgan fingerprint density at radius 2 is 2.07 bits per heavy atom. The average Bonchev–Trinajstić information content (AvgIpc) is 2.72. The first-order valence-corrected chi connectivity index (χ1v) is 10.2. The van der Waals surface area contributed by atoms with Gasteiger partial charge in [0.25, 0.3) is 0 Å². The summed E-state index contributed by atoms with van der Waals surface area (Å²) in [5.41, 5.74) is 4.47. The van der Waals surface area contributed by atoms with Crippen molar-refractivity contribution < 1.29 is 14.6 Å². The highest BCUT2D eigenvalue weighted by Crippen LogP contribution is 2.35. The summed E-state index contributed by atoms with van der Waals surface area (Å²) in [5, 5.41) is 10.7. The molecule has 0 spiro atoms. The van der Waals surface area contributed by atoms with E-state index in [0.29, 0.717) is 29.6 Å². The van der Waals surface area contributed by atoms with Crippen molar-refractivity contribution in [3.63, 3.8) is 0 Å². The second-order valence-corrected chi connectivity index (χ2v) is 7.91. The number of ether oxygens (including phenoxy) is 1. The average molecular weight is 453 g/mol. The molecule has 1 aromatic heterocycles. The minimum Gasteiger partial charge on any atom is -0.496 e. The molecule has 0 atom stereocenters. The minimum atomic E-state index is -0.919. The zero-order valence-electron chi connectivity index (χ0n) is 16.3. The first-order valence-electron chi connectivity index (χ1n) is 9.43. The molecule has 1 aliphatic rings. The van der Waals surface area contributed by atoms with Crippen molar-refractivity contribution in [1.29, 1.82) is 0 Å². The summed E-state index contributed by atoms with van der Waals surface area (Å²) < 4.78 is 6.47. The van der Waals surface area contributed by atoms with E-state index < -0.39 is 5.97 Å². The van der Waals surface area contributed by atoms with Crippen LogP contribution in [-0.4, -0.2) is 41.2 Å². The maximum atomic E-state index is 12.2. The lowest BCUT2D eigenvalue weighted by atomic mass is 9.92. The van der Waals surface area contributed by atoms with Crippen molar-refractivity contribution in [3.05, 3.63) is 69.3 Å². The van der Waals surface area contributed by atoms with Crippen molar-refractivity contribution in [3.8, 4) is 5.75 Å². The Morgan fingerprint density at radius 3 is 2.79 bits per heavy atom. The molecule has 0 fully saturated rings. The fourth-order valence-electron chi connectivity index (χ4n) is 3.85. The highest BCUT2D eigenvalue weighted by atomic mass is 79.9. The van der Waals surface area contributed by atoms with E-state index in [0.717, 1.165) is 39.2 Å². The van der Waals surface area contributed by atoms with Gasteiger partial charge in [0, 0.05) is 34.1 Å². The Kier molecular flexibility index (Phi) is 5.39. The standard InChI is InChI=1S/C23H21BrN2O3/c1-3-26-12-15(10-14-11-16(24)8-9-20(14)29-2)22-18(13-26)21(23(27)28)17-6-4-5-7-19(17)25-22/h4-11H,3,12-13H2,1-2H3,(H,27,28)/b15-10+. The summed E-state index contributed by atoms with van der Waals surface area (Å²) in [5.74, 6) is -0.160. The molecule has 0 bridgehead atoms. The number of para-hydroxylation sites is 1. The minimum absolute atomic E-state index is 0.343. The van der Waals surface area contributed by atoms with Gasteiger partial charge in [-0.05, 0) is 42.5 Å². The highest BCUT2D eigenvalue weighted by molar-refractivity contribution is 9.10. The number of pyridine rings is 1. The Balaban J connectivity index is 2.00. The Morgan fingerprint density at radius 1 is 1.28 bits per heavy atom. The molecule has 0 saturated carbocycles. The number of likely N-dealkylation sites (N-methyl/N-ethyl adjacent to an activating group) is 1. The Hall–Kier alpha value is -2.70. The van der Waals surface area contributed by atoms with Crippen molar-refractivity contribution in [1.82, 2.24) is 9.88 Å². The molecule has 0 unspecified atom stereocenters. The van der Waals surface area contributed by atoms with E-state index >= 15 is 0 Å². The van der Waals surface area contributed by atoms with Gasteiger partial charge >= 0.3 is 5.97 Å². The molecule has 0 amide bonds. The lowest BCUT2D eigenvalue weighted by Gasteiger charge is -2.30. The van der Waals surface area contributed by atoms with Crippen molar-refractivity contribution >= 4 is 44.5 Å². The van der Waals surface area contributed by atoms with Crippen LogP contribution in [0.2, 0.25) is 0 Å². The van der Waals surface area contributed by atoms with E-state index in [2.05, 4.69) is 33.8 Å². The molecule has 148 valence electrons. The highest BCUT2D eigenvalue weighted by Gasteiger charge is 2.28. The van der Waals surface area contributed by atoms with Crippen LogP contribution in [0.1, 0.15) is 34.1 Å². The van der Waals surface area contributed by atoms with Crippen molar-refractivity contribution in [2.75, 3.05) is 20.2 Å². The van der Waals surface area contributed by atoms with Gasteiger partial charge in [0.05, 0.1) is 23.9 Å². The normalized spacial score (nSPS) is 15.5. The van der Waals surface area contributed by atoms with Gasteiger partial charge in [-0.15, -0.1) is 0 Å². The van der Waals surface area contributed by atoms with Crippen molar-refractivity contribution in [2.45, 2.75) is 13.5 Å². The van der Waals surface area contributed by atoms with E-state index in [4.69, 9.17) is 9.72 Å². The quantitative estimate of drug-likeness (QED) is 0.597. The second kappa shape index (κ2) is 7.97. The maximum absolute atomic E-state index is 12.2. The first kappa shape index (κ1) is 19.6. The SMILES string of the molecule is CCN1C/C(=C\c2cc(Br)ccc2OC)c2nc3ccccc3c(C(=O)O)c2C1. The number of aromatic nitrogens is 1. The van der Waals surface area contributed by atoms with Gasteiger partial charge in [-0.1, -0.05) is 41.1 Å². The third-order valence-electron chi connectivity index (χ3n) is 5.26. The van der Waals surface area contributed by atoms with E-state index in [1.807, 2.05) is 42.5 Å². The third-order valence-corrected chi connectivity index (χ3v) is 5.75. The molecule has 6 heteroatoms. The topological polar surface area (TPSA) is 62.7 Å². The van der Waals surface area contributed by atoms with E-state index in [1.54, 1.807) is 7.11 Å². The zero-order chi connectivity index (χ0) is 20.5. The monoisotopic (exact) mass is 452 g/mol. The molecule has 4 rings (SSSR count). The predicted octanol–water partition coefficient (Wildman–Crippen LogP) is 5.08. The van der Waals surface area contributed by atoms with E-state index in [9.17, 15) is 9.90 Å². The summed E-state index contributed by atoms with van der Waals surface area (Å²) in [6.07, 6.45) is 2.05. The van der Waals surface area contributed by atoms with Gasteiger partial charge in [0.1, 0.15) is 5.75 Å². The second-order valence-electron chi connectivity index (χ2n) is 7.00. The number of hydrogen-bond donors (Lipinski definition) is 1. The lowest BCUT2D eigenvalue weighted by Crippen LogP contribution is -2.31. The number of benzene rings is 2. The molecule has 1 aliphatic heterocycles. The van der Waals surface area contributed by atoms with Gasteiger partial charge < -0.3 is 9.84 Å². The van der Waals surface area contributed by atoms with Crippen molar-refractivity contribution in [2.24, 2.45) is 0 Å². The number of aromatic carboxylic acids is 1. The number of carbonyl (C=O) groups is 1. The number of nitrogens with zero attached hydrogens (tertiary/aromatic N) is 2. The van der Waals surface area contributed by atoms with Gasteiger partial charge in [0.15, 0.2) is 0 Å². The molecule has 0 saturated heterocycles. The number of hydrogen-bond acceptors (Lipinski definition) is 4. The molecule has 2 aromatic carbocycles. The molecule has 1 N–H and O–H groups in total. The Bertz CT molecular complexity index is 1140. The van der Waals surface area contributed by atoms with Crippen LogP contribution in [0.5, 0.6) is 5.75 Å². The lowest BCUT2D eigenvalue weighted by molar-refractivity contribution is 0.0696. The molecule has 0 aliphatic carbocycles. The van der Waals surface area contributed by atoms with Crippen LogP contribution < -0.4 is 4.74 Å². The van der Waals surface area contributed by atoms with Crippen LogP contribution in [0.25, 0.3) is 22.6 Å².